The van der Waals surface area contributed by atoms with Gasteiger partial charge in [0.25, 0.3) is 5.91 Å². The number of nitrogens with two attached hydrogens (primary N) is 1. The Labute approximate surface area is 112 Å². The Morgan fingerprint density at radius 3 is 2.67 bits per heavy atom. The van der Waals surface area contributed by atoms with Crippen LogP contribution in [0.15, 0.2) is 18.2 Å². The fourth-order valence-corrected chi connectivity index (χ4v) is 2.37. The van der Waals surface area contributed by atoms with Gasteiger partial charge in [-0.2, -0.15) is 0 Å². The zero-order chi connectivity index (χ0) is 13.1. The van der Waals surface area contributed by atoms with Gasteiger partial charge in [-0.25, -0.2) is 0 Å². The number of amides is 1. The molecule has 4 nitrogen and oxygen atoms in total. The smallest absolute Gasteiger partial charge is 0.255 e. The van der Waals surface area contributed by atoms with Gasteiger partial charge in [0, 0.05) is 30.9 Å². The minimum atomic E-state index is -0.0290. The van der Waals surface area contributed by atoms with Crippen LogP contribution in [0.4, 0.5) is 5.69 Å². The average Bonchev–Trinajstić information content (AvgIpc) is 2.38. The first kappa shape index (κ1) is 13.2. The Hall–Kier alpha value is -1.26. The van der Waals surface area contributed by atoms with Gasteiger partial charge in [0.15, 0.2) is 0 Å². The second kappa shape index (κ2) is 5.59. The van der Waals surface area contributed by atoms with Crippen molar-refractivity contribution < 1.29 is 9.53 Å². The number of hydrogen-bond acceptors (Lipinski definition) is 3. The summed E-state index contributed by atoms with van der Waals surface area (Å²) in [6.07, 6.45) is 2.00. The summed E-state index contributed by atoms with van der Waals surface area (Å²) in [5.41, 5.74) is 6.78. The lowest BCUT2D eigenvalue weighted by Gasteiger charge is -2.31. The van der Waals surface area contributed by atoms with Gasteiger partial charge in [-0.05, 0) is 31.0 Å². The molecular weight excluding hydrogens is 252 g/mol. The molecule has 0 unspecified atom stereocenters. The van der Waals surface area contributed by atoms with Crippen LogP contribution < -0.4 is 5.73 Å². The number of nitrogen functional groups attached to an aromatic ring is 1. The molecule has 1 aromatic carbocycles. The highest BCUT2D eigenvalue weighted by Crippen LogP contribution is 2.22. The highest BCUT2D eigenvalue weighted by Gasteiger charge is 2.24. The minimum Gasteiger partial charge on any atom is -0.398 e. The van der Waals surface area contributed by atoms with E-state index in [1.807, 2.05) is 4.90 Å². The molecule has 0 saturated carbocycles. The van der Waals surface area contributed by atoms with Crippen LogP contribution in [0.25, 0.3) is 0 Å². The van der Waals surface area contributed by atoms with E-state index < -0.39 is 0 Å². The van der Waals surface area contributed by atoms with Crippen molar-refractivity contribution in [1.29, 1.82) is 0 Å². The second-order valence-electron chi connectivity index (χ2n) is 4.46. The van der Waals surface area contributed by atoms with Gasteiger partial charge in [0.1, 0.15) is 0 Å². The topological polar surface area (TPSA) is 55.6 Å². The van der Waals surface area contributed by atoms with Crippen LogP contribution in [-0.4, -0.2) is 37.1 Å². The minimum absolute atomic E-state index is 0.0290. The molecule has 0 aliphatic carbocycles. The summed E-state index contributed by atoms with van der Waals surface area (Å²) in [6.45, 7) is 1.42. The Balaban J connectivity index is 2.08. The van der Waals surface area contributed by atoms with E-state index in [0.717, 1.165) is 12.8 Å². The predicted octanol–water partition coefficient (Wildman–Crippen LogP) is 2.17. The number of hydrogen-bond donors (Lipinski definition) is 1. The Kier molecular flexibility index (Phi) is 4.09. The van der Waals surface area contributed by atoms with Crippen molar-refractivity contribution in [3.63, 3.8) is 0 Å². The maximum atomic E-state index is 12.3. The fourth-order valence-electron chi connectivity index (χ4n) is 2.19. The van der Waals surface area contributed by atoms with Crippen LogP contribution in [0, 0.1) is 0 Å². The molecule has 0 radical (unpaired) electrons. The lowest BCUT2D eigenvalue weighted by molar-refractivity contribution is 0.0351. The summed E-state index contributed by atoms with van der Waals surface area (Å²) in [7, 11) is 1.71. The summed E-state index contributed by atoms with van der Waals surface area (Å²) < 4.78 is 5.28. The molecule has 1 aliphatic rings. The molecule has 2 rings (SSSR count). The van der Waals surface area contributed by atoms with Crippen molar-refractivity contribution >= 4 is 23.2 Å². The van der Waals surface area contributed by atoms with Gasteiger partial charge < -0.3 is 15.4 Å². The number of halogens is 1. The van der Waals surface area contributed by atoms with Gasteiger partial charge >= 0.3 is 0 Å². The molecule has 98 valence electrons. The first-order valence-corrected chi connectivity index (χ1v) is 6.36. The van der Waals surface area contributed by atoms with E-state index in [1.165, 1.54) is 0 Å². The number of benzene rings is 1. The summed E-state index contributed by atoms with van der Waals surface area (Å²) in [5, 5.41) is 0.544. The number of rotatable bonds is 2. The van der Waals surface area contributed by atoms with Crippen LogP contribution in [0.2, 0.25) is 5.02 Å². The predicted molar refractivity (Wildman–Crippen MR) is 71.8 cm³/mol. The average molecular weight is 269 g/mol. The third-order valence-electron chi connectivity index (χ3n) is 3.31. The molecule has 18 heavy (non-hydrogen) atoms. The van der Waals surface area contributed by atoms with Crippen molar-refractivity contribution in [2.45, 2.75) is 18.9 Å². The SMILES string of the molecule is COC1CCN(C(=O)c2ccc(Cl)cc2N)CC1. The molecule has 1 fully saturated rings. The molecule has 1 amide bonds. The number of nitrogens with zero attached hydrogens (tertiary/aromatic N) is 1. The van der Waals surface area contributed by atoms with Gasteiger partial charge in [-0.15, -0.1) is 0 Å². The van der Waals surface area contributed by atoms with Gasteiger partial charge in [0.05, 0.1) is 11.7 Å². The molecule has 5 heteroatoms. The van der Waals surface area contributed by atoms with E-state index in [2.05, 4.69) is 0 Å². The maximum Gasteiger partial charge on any atom is 0.255 e. The normalized spacial score (nSPS) is 16.9. The highest BCUT2D eigenvalue weighted by atomic mass is 35.5. The zero-order valence-electron chi connectivity index (χ0n) is 10.4. The highest BCUT2D eigenvalue weighted by molar-refractivity contribution is 6.31. The summed E-state index contributed by atoms with van der Waals surface area (Å²) in [4.78, 5) is 14.1. The van der Waals surface area contributed by atoms with E-state index in [9.17, 15) is 4.79 Å². The summed E-state index contributed by atoms with van der Waals surface area (Å²) in [6, 6.07) is 4.98. The zero-order valence-corrected chi connectivity index (χ0v) is 11.1. The van der Waals surface area contributed by atoms with Crippen LogP contribution in [0.1, 0.15) is 23.2 Å². The molecule has 1 heterocycles. The molecular formula is C13H17ClN2O2. The second-order valence-corrected chi connectivity index (χ2v) is 4.90. The van der Waals surface area contributed by atoms with Crippen molar-refractivity contribution in [2.75, 3.05) is 25.9 Å². The lowest BCUT2D eigenvalue weighted by atomic mass is 10.1. The number of ether oxygens (including phenoxy) is 1. The van der Waals surface area contributed by atoms with Gasteiger partial charge in [-0.3, -0.25) is 4.79 Å². The lowest BCUT2D eigenvalue weighted by Crippen LogP contribution is -2.40. The molecule has 0 atom stereocenters. The largest absolute Gasteiger partial charge is 0.398 e. The Morgan fingerprint density at radius 1 is 1.44 bits per heavy atom. The van der Waals surface area contributed by atoms with Gasteiger partial charge in [0.2, 0.25) is 0 Å². The van der Waals surface area contributed by atoms with E-state index >= 15 is 0 Å². The Bertz CT molecular complexity index is 443. The first-order valence-electron chi connectivity index (χ1n) is 5.99. The molecule has 0 bridgehead atoms. The van der Waals surface area contributed by atoms with Crippen molar-refractivity contribution in [1.82, 2.24) is 4.90 Å². The summed E-state index contributed by atoms with van der Waals surface area (Å²) >= 11 is 5.82. The molecule has 0 aromatic heterocycles. The van der Waals surface area contributed by atoms with E-state index in [0.29, 0.717) is 29.4 Å². The van der Waals surface area contributed by atoms with Crippen LogP contribution >= 0.6 is 11.6 Å². The third kappa shape index (κ3) is 2.76. The number of carbonyl (C=O) groups excluding carboxylic acids is 1. The van der Waals surface area contributed by atoms with Gasteiger partial charge in [-0.1, -0.05) is 11.6 Å². The number of anilines is 1. The maximum absolute atomic E-state index is 12.3. The van der Waals surface area contributed by atoms with Crippen LogP contribution in [0.5, 0.6) is 0 Å². The Morgan fingerprint density at radius 2 is 2.11 bits per heavy atom. The van der Waals surface area contributed by atoms with Crippen molar-refractivity contribution in [3.05, 3.63) is 28.8 Å². The van der Waals surface area contributed by atoms with Crippen LogP contribution in [0.3, 0.4) is 0 Å². The molecule has 1 saturated heterocycles. The summed E-state index contributed by atoms with van der Waals surface area (Å²) in [5.74, 6) is -0.0290. The number of methoxy groups -OCH3 is 1. The van der Waals surface area contributed by atoms with Crippen LogP contribution in [-0.2, 0) is 4.74 Å². The monoisotopic (exact) mass is 268 g/mol. The molecule has 0 spiro atoms. The molecule has 1 aliphatic heterocycles. The van der Waals surface area contributed by atoms with E-state index in [4.69, 9.17) is 22.1 Å². The number of carbonyl (C=O) groups is 1. The molecule has 2 N–H and O–H groups in total. The van der Waals surface area contributed by atoms with E-state index in [-0.39, 0.29) is 12.0 Å². The first-order chi connectivity index (χ1) is 8.61. The van der Waals surface area contributed by atoms with Crippen molar-refractivity contribution in [3.8, 4) is 0 Å². The van der Waals surface area contributed by atoms with E-state index in [1.54, 1.807) is 25.3 Å². The quantitative estimate of drug-likeness (QED) is 0.837. The number of likely N-dealkylation sites (tertiary alicyclic amines) is 1. The number of piperidine rings is 1. The standard InChI is InChI=1S/C13H17ClN2O2/c1-18-10-4-6-16(7-5-10)13(17)11-3-2-9(14)8-12(11)15/h2-3,8,10H,4-7,15H2,1H3. The van der Waals surface area contributed by atoms with Crippen molar-refractivity contribution in [2.24, 2.45) is 0 Å². The fraction of sp³-hybridized carbons (Fsp3) is 0.462. The molecule has 1 aromatic rings. The third-order valence-corrected chi connectivity index (χ3v) is 3.54.